The average Bonchev–Trinajstić information content (AvgIpc) is 2.46. The second kappa shape index (κ2) is 4.37. The van der Waals surface area contributed by atoms with Crippen molar-refractivity contribution in [3.63, 3.8) is 0 Å². The summed E-state index contributed by atoms with van der Waals surface area (Å²) in [6.07, 6.45) is 1.67. The van der Waals surface area contributed by atoms with E-state index in [0.717, 1.165) is 10.4 Å². The number of nitrogens with zero attached hydrogens (tertiary/aromatic N) is 1. The van der Waals surface area contributed by atoms with Gasteiger partial charge in [0, 0.05) is 16.9 Å². The summed E-state index contributed by atoms with van der Waals surface area (Å²) in [7, 11) is 0. The Kier molecular flexibility index (Phi) is 3.41. The van der Waals surface area contributed by atoms with Gasteiger partial charge in [0.2, 0.25) is 5.70 Å². The number of rotatable bonds is 3. The van der Waals surface area contributed by atoms with Gasteiger partial charge in [-0.25, -0.2) is 0 Å². The minimum absolute atomic E-state index is 0.0495. The highest BCUT2D eigenvalue weighted by Crippen LogP contribution is 2.22. The Bertz CT molecular complexity index is 366. The Hall–Kier alpha value is -1.16. The Morgan fingerprint density at radius 1 is 1.64 bits per heavy atom. The number of nitro groups is 1. The van der Waals surface area contributed by atoms with Crippen molar-refractivity contribution in [2.75, 3.05) is 0 Å². The van der Waals surface area contributed by atoms with Gasteiger partial charge in [0.1, 0.15) is 0 Å². The second-order valence-corrected chi connectivity index (χ2v) is 4.40. The second-order valence-electron chi connectivity index (χ2n) is 3.45. The van der Waals surface area contributed by atoms with Gasteiger partial charge in [-0.1, -0.05) is 13.8 Å². The van der Waals surface area contributed by atoms with Crippen LogP contribution in [0, 0.1) is 23.0 Å². The third kappa shape index (κ3) is 2.42. The van der Waals surface area contributed by atoms with Gasteiger partial charge in [-0.3, -0.25) is 10.1 Å². The van der Waals surface area contributed by atoms with Crippen molar-refractivity contribution in [2.24, 2.45) is 5.92 Å². The SMILES string of the molecule is Cc1ccsc1/C=C(/C(C)C)[N+](=O)[O-]. The number of allylic oxidation sites excluding steroid dienone is 1. The van der Waals surface area contributed by atoms with E-state index in [0.29, 0.717) is 0 Å². The standard InChI is InChI=1S/C10H13NO2S/c1-7(2)9(11(12)13)6-10-8(3)4-5-14-10/h4-7H,1-3H3/b9-6-. The lowest BCUT2D eigenvalue weighted by Gasteiger charge is -2.00. The summed E-state index contributed by atoms with van der Waals surface area (Å²) >= 11 is 1.53. The molecule has 0 aliphatic carbocycles. The van der Waals surface area contributed by atoms with Crippen molar-refractivity contribution in [1.29, 1.82) is 0 Å². The lowest BCUT2D eigenvalue weighted by Crippen LogP contribution is -2.05. The highest BCUT2D eigenvalue weighted by molar-refractivity contribution is 7.11. The van der Waals surface area contributed by atoms with E-state index < -0.39 is 0 Å². The van der Waals surface area contributed by atoms with E-state index in [9.17, 15) is 10.1 Å². The number of hydrogen-bond acceptors (Lipinski definition) is 3. The van der Waals surface area contributed by atoms with Crippen LogP contribution in [0.3, 0.4) is 0 Å². The van der Waals surface area contributed by atoms with Crippen LogP contribution in [-0.4, -0.2) is 4.92 Å². The average molecular weight is 211 g/mol. The number of hydrogen-bond donors (Lipinski definition) is 0. The monoisotopic (exact) mass is 211 g/mol. The molecule has 1 heterocycles. The first kappa shape index (κ1) is 10.9. The van der Waals surface area contributed by atoms with Crippen LogP contribution in [0.25, 0.3) is 6.08 Å². The molecular weight excluding hydrogens is 198 g/mol. The number of aryl methyl sites for hydroxylation is 1. The quantitative estimate of drug-likeness (QED) is 0.568. The first-order chi connectivity index (χ1) is 6.52. The summed E-state index contributed by atoms with van der Waals surface area (Å²) in [6.45, 7) is 5.62. The predicted molar refractivity (Wildman–Crippen MR) is 58.9 cm³/mol. The fraction of sp³-hybridized carbons (Fsp3) is 0.400. The van der Waals surface area contributed by atoms with Crippen LogP contribution in [0.2, 0.25) is 0 Å². The molecule has 0 unspecified atom stereocenters. The van der Waals surface area contributed by atoms with Gasteiger partial charge < -0.3 is 0 Å². The molecule has 1 aromatic rings. The van der Waals surface area contributed by atoms with E-state index in [1.54, 1.807) is 6.08 Å². The zero-order valence-electron chi connectivity index (χ0n) is 8.48. The summed E-state index contributed by atoms with van der Waals surface area (Å²) < 4.78 is 0. The first-order valence-corrected chi connectivity index (χ1v) is 5.30. The van der Waals surface area contributed by atoms with Crippen LogP contribution >= 0.6 is 11.3 Å². The minimum Gasteiger partial charge on any atom is -0.259 e. The van der Waals surface area contributed by atoms with E-state index in [-0.39, 0.29) is 16.5 Å². The molecule has 0 saturated heterocycles. The summed E-state index contributed by atoms with van der Waals surface area (Å²) in [5.74, 6) is -0.0495. The molecule has 0 radical (unpaired) electrons. The van der Waals surface area contributed by atoms with Crippen molar-refractivity contribution >= 4 is 17.4 Å². The Morgan fingerprint density at radius 2 is 2.29 bits per heavy atom. The van der Waals surface area contributed by atoms with Crippen LogP contribution in [0.1, 0.15) is 24.3 Å². The van der Waals surface area contributed by atoms with Crippen LogP contribution in [0.4, 0.5) is 0 Å². The van der Waals surface area contributed by atoms with E-state index in [2.05, 4.69) is 0 Å². The molecule has 0 N–H and O–H groups in total. The molecule has 14 heavy (non-hydrogen) atoms. The molecule has 1 aromatic heterocycles. The van der Waals surface area contributed by atoms with Crippen LogP contribution < -0.4 is 0 Å². The Labute approximate surface area is 87.2 Å². The minimum atomic E-state index is -0.302. The van der Waals surface area contributed by atoms with Crippen LogP contribution in [-0.2, 0) is 0 Å². The highest BCUT2D eigenvalue weighted by atomic mass is 32.1. The molecular formula is C10H13NO2S. The fourth-order valence-electron chi connectivity index (χ4n) is 1.10. The summed E-state index contributed by atoms with van der Waals surface area (Å²) in [5, 5.41) is 12.7. The maximum Gasteiger partial charge on any atom is 0.250 e. The van der Waals surface area contributed by atoms with Crippen molar-refractivity contribution in [1.82, 2.24) is 0 Å². The van der Waals surface area contributed by atoms with Crippen molar-refractivity contribution in [2.45, 2.75) is 20.8 Å². The molecule has 0 atom stereocenters. The maximum absolute atomic E-state index is 10.7. The molecule has 4 heteroatoms. The lowest BCUT2D eigenvalue weighted by molar-refractivity contribution is -0.431. The van der Waals surface area contributed by atoms with Gasteiger partial charge in [-0.05, 0) is 23.9 Å². The Morgan fingerprint density at radius 3 is 2.64 bits per heavy atom. The molecule has 3 nitrogen and oxygen atoms in total. The van der Waals surface area contributed by atoms with Crippen molar-refractivity contribution < 1.29 is 4.92 Å². The fourth-order valence-corrected chi connectivity index (χ4v) is 1.96. The molecule has 0 amide bonds. The van der Waals surface area contributed by atoms with E-state index in [1.165, 1.54) is 11.3 Å². The van der Waals surface area contributed by atoms with Crippen molar-refractivity contribution in [3.05, 3.63) is 37.7 Å². The third-order valence-corrected chi connectivity index (χ3v) is 2.95. The highest BCUT2D eigenvalue weighted by Gasteiger charge is 2.16. The lowest BCUT2D eigenvalue weighted by atomic mass is 10.1. The zero-order valence-corrected chi connectivity index (χ0v) is 9.30. The molecule has 1 rings (SSSR count). The van der Waals surface area contributed by atoms with Crippen molar-refractivity contribution in [3.8, 4) is 0 Å². The first-order valence-electron chi connectivity index (χ1n) is 4.42. The molecule has 0 aliphatic rings. The number of thiophene rings is 1. The largest absolute Gasteiger partial charge is 0.259 e. The molecule has 76 valence electrons. The zero-order chi connectivity index (χ0) is 10.7. The van der Waals surface area contributed by atoms with E-state index >= 15 is 0 Å². The van der Waals surface area contributed by atoms with Gasteiger partial charge in [-0.15, -0.1) is 11.3 Å². The van der Waals surface area contributed by atoms with Gasteiger partial charge in [0.25, 0.3) is 0 Å². The topological polar surface area (TPSA) is 43.1 Å². The Balaban J connectivity index is 3.06. The van der Waals surface area contributed by atoms with Gasteiger partial charge in [-0.2, -0.15) is 0 Å². The van der Waals surface area contributed by atoms with E-state index in [4.69, 9.17) is 0 Å². The molecule has 0 fully saturated rings. The third-order valence-electron chi connectivity index (χ3n) is 1.98. The molecule has 0 aromatic carbocycles. The van der Waals surface area contributed by atoms with Crippen LogP contribution in [0.15, 0.2) is 17.1 Å². The molecule has 0 spiro atoms. The maximum atomic E-state index is 10.7. The summed E-state index contributed by atoms with van der Waals surface area (Å²) in [4.78, 5) is 11.4. The smallest absolute Gasteiger partial charge is 0.250 e. The molecule has 0 bridgehead atoms. The van der Waals surface area contributed by atoms with E-state index in [1.807, 2.05) is 32.2 Å². The summed E-state index contributed by atoms with van der Waals surface area (Å²) in [5.41, 5.74) is 1.37. The van der Waals surface area contributed by atoms with Crippen LogP contribution in [0.5, 0.6) is 0 Å². The van der Waals surface area contributed by atoms with Gasteiger partial charge in [0.05, 0.1) is 4.92 Å². The predicted octanol–water partition coefficient (Wildman–Crippen LogP) is 3.33. The molecule has 0 saturated carbocycles. The normalized spacial score (nSPS) is 12.1. The van der Waals surface area contributed by atoms with Gasteiger partial charge >= 0.3 is 0 Å². The van der Waals surface area contributed by atoms with Gasteiger partial charge in [0.15, 0.2) is 0 Å². The molecule has 0 aliphatic heterocycles. The summed E-state index contributed by atoms with van der Waals surface area (Å²) in [6, 6.07) is 1.97.